The summed E-state index contributed by atoms with van der Waals surface area (Å²) >= 11 is 0. The molecule has 0 unspecified atom stereocenters. The van der Waals surface area contributed by atoms with Gasteiger partial charge in [0.15, 0.2) is 0 Å². The van der Waals surface area contributed by atoms with E-state index < -0.39 is 0 Å². The summed E-state index contributed by atoms with van der Waals surface area (Å²) in [4.78, 5) is 3.76. The maximum Gasteiger partial charge on any atom is 0.312 e. The first-order chi connectivity index (χ1) is 4.43. The third-order valence-corrected chi connectivity index (χ3v) is 0.836. The average molecular weight is 127 g/mol. The van der Waals surface area contributed by atoms with E-state index in [1.807, 2.05) is 6.92 Å². The van der Waals surface area contributed by atoms with Gasteiger partial charge in [-0.15, -0.1) is 0 Å². The van der Waals surface area contributed by atoms with E-state index in [-0.39, 0.29) is 0 Å². The summed E-state index contributed by atoms with van der Waals surface area (Å²) in [5.41, 5.74) is 0. The lowest BCUT2D eigenvalue weighted by atomic mass is 10.5. The third kappa shape index (κ3) is 1.71. The van der Waals surface area contributed by atoms with Crippen molar-refractivity contribution in [1.82, 2.24) is 15.2 Å². The average Bonchev–Trinajstić information content (AvgIpc) is 2.34. The Morgan fingerprint density at radius 1 is 1.78 bits per heavy atom. The predicted octanol–water partition coefficient (Wildman–Crippen LogP) is 0.593. The Hall–Kier alpha value is -1.06. The second-order valence-corrected chi connectivity index (χ2v) is 1.64. The zero-order valence-electron chi connectivity index (χ0n) is 5.29. The van der Waals surface area contributed by atoms with Crippen molar-refractivity contribution in [2.75, 3.05) is 6.61 Å². The summed E-state index contributed by atoms with van der Waals surface area (Å²) in [7, 11) is 0. The number of ether oxygens (including phenoxy) is 1. The Kier molecular flexibility index (Phi) is 2.06. The van der Waals surface area contributed by atoms with Gasteiger partial charge in [-0.3, -0.25) is 0 Å². The molecule has 9 heavy (non-hydrogen) atoms. The molecule has 0 saturated carbocycles. The Bertz CT molecular complexity index is 149. The molecular weight excluding hydrogens is 118 g/mol. The standard InChI is InChI=1S/C5H9N3O/c1-2-3-9-5-6-4-7-8-5/h4H,2-3H2,1H3,(H,6,7,8). The second kappa shape index (κ2) is 3.06. The highest BCUT2D eigenvalue weighted by Crippen LogP contribution is 1.95. The van der Waals surface area contributed by atoms with Gasteiger partial charge in [0.25, 0.3) is 0 Å². The SMILES string of the molecule is CCCOc1ncn[nH]1. The van der Waals surface area contributed by atoms with Gasteiger partial charge in [0, 0.05) is 0 Å². The predicted molar refractivity (Wildman–Crippen MR) is 32.2 cm³/mol. The lowest BCUT2D eigenvalue weighted by Crippen LogP contribution is -1.95. The number of rotatable bonds is 3. The van der Waals surface area contributed by atoms with E-state index in [2.05, 4.69) is 15.2 Å². The zero-order valence-corrected chi connectivity index (χ0v) is 5.29. The summed E-state index contributed by atoms with van der Waals surface area (Å²) in [5, 5.41) is 6.20. The van der Waals surface area contributed by atoms with Crippen LogP contribution in [0.15, 0.2) is 6.33 Å². The van der Waals surface area contributed by atoms with Crippen molar-refractivity contribution in [3.8, 4) is 6.01 Å². The van der Waals surface area contributed by atoms with Crippen molar-refractivity contribution in [3.05, 3.63) is 6.33 Å². The van der Waals surface area contributed by atoms with Crippen LogP contribution in [0.2, 0.25) is 0 Å². The van der Waals surface area contributed by atoms with Crippen LogP contribution in [-0.4, -0.2) is 21.8 Å². The molecule has 1 rings (SSSR count). The van der Waals surface area contributed by atoms with Gasteiger partial charge >= 0.3 is 6.01 Å². The normalized spacial score (nSPS) is 9.44. The lowest BCUT2D eigenvalue weighted by molar-refractivity contribution is 0.293. The van der Waals surface area contributed by atoms with E-state index in [9.17, 15) is 0 Å². The van der Waals surface area contributed by atoms with E-state index in [4.69, 9.17) is 4.74 Å². The minimum atomic E-state index is 0.497. The summed E-state index contributed by atoms with van der Waals surface area (Å²) in [5.74, 6) is 0. The van der Waals surface area contributed by atoms with E-state index in [1.54, 1.807) is 0 Å². The van der Waals surface area contributed by atoms with Crippen molar-refractivity contribution < 1.29 is 4.74 Å². The van der Waals surface area contributed by atoms with Crippen LogP contribution in [0.1, 0.15) is 13.3 Å². The quantitative estimate of drug-likeness (QED) is 0.646. The molecule has 50 valence electrons. The first-order valence-corrected chi connectivity index (χ1v) is 2.91. The zero-order chi connectivity index (χ0) is 6.53. The van der Waals surface area contributed by atoms with Crippen LogP contribution in [-0.2, 0) is 0 Å². The molecule has 0 bridgehead atoms. The minimum Gasteiger partial charge on any atom is -0.464 e. The molecule has 0 aliphatic carbocycles. The highest BCUT2D eigenvalue weighted by Gasteiger charge is 1.90. The van der Waals surface area contributed by atoms with Gasteiger partial charge in [0.2, 0.25) is 0 Å². The van der Waals surface area contributed by atoms with Crippen molar-refractivity contribution >= 4 is 0 Å². The molecule has 0 atom stereocenters. The summed E-state index contributed by atoms with van der Waals surface area (Å²) < 4.78 is 5.07. The lowest BCUT2D eigenvalue weighted by Gasteiger charge is -1.95. The van der Waals surface area contributed by atoms with E-state index in [1.165, 1.54) is 6.33 Å². The van der Waals surface area contributed by atoms with Gasteiger partial charge in [0.1, 0.15) is 6.33 Å². The fourth-order valence-corrected chi connectivity index (χ4v) is 0.463. The highest BCUT2D eigenvalue weighted by atomic mass is 16.5. The topological polar surface area (TPSA) is 50.8 Å². The Balaban J connectivity index is 2.30. The van der Waals surface area contributed by atoms with Crippen LogP contribution < -0.4 is 4.74 Å². The second-order valence-electron chi connectivity index (χ2n) is 1.64. The molecule has 1 heterocycles. The molecule has 1 aromatic heterocycles. The van der Waals surface area contributed by atoms with Gasteiger partial charge in [-0.2, -0.15) is 10.1 Å². The number of aromatic nitrogens is 3. The number of hydrogen-bond donors (Lipinski definition) is 1. The first kappa shape index (κ1) is 6.07. The molecule has 0 aliphatic rings. The molecular formula is C5H9N3O. The molecule has 0 saturated heterocycles. The molecule has 0 spiro atoms. The van der Waals surface area contributed by atoms with Gasteiger partial charge in [-0.25, -0.2) is 5.10 Å². The molecule has 0 radical (unpaired) electrons. The van der Waals surface area contributed by atoms with Crippen LogP contribution >= 0.6 is 0 Å². The van der Waals surface area contributed by atoms with Gasteiger partial charge in [-0.05, 0) is 6.42 Å². The highest BCUT2D eigenvalue weighted by molar-refractivity contribution is 4.84. The first-order valence-electron chi connectivity index (χ1n) is 2.91. The smallest absolute Gasteiger partial charge is 0.312 e. The van der Waals surface area contributed by atoms with Crippen LogP contribution in [0.3, 0.4) is 0 Å². The van der Waals surface area contributed by atoms with E-state index in [0.717, 1.165) is 6.42 Å². The Morgan fingerprint density at radius 2 is 2.67 bits per heavy atom. The maximum atomic E-state index is 5.07. The molecule has 1 N–H and O–H groups in total. The van der Waals surface area contributed by atoms with E-state index >= 15 is 0 Å². The van der Waals surface area contributed by atoms with Crippen LogP contribution in [0.4, 0.5) is 0 Å². The maximum absolute atomic E-state index is 5.07. The number of hydrogen-bond acceptors (Lipinski definition) is 3. The van der Waals surface area contributed by atoms with E-state index in [0.29, 0.717) is 12.6 Å². The largest absolute Gasteiger partial charge is 0.464 e. The number of nitrogens with one attached hydrogen (secondary N) is 1. The third-order valence-electron chi connectivity index (χ3n) is 0.836. The molecule has 0 aliphatic heterocycles. The van der Waals surface area contributed by atoms with Gasteiger partial charge in [0.05, 0.1) is 6.61 Å². The molecule has 4 nitrogen and oxygen atoms in total. The number of aromatic amines is 1. The molecule has 0 amide bonds. The fourth-order valence-electron chi connectivity index (χ4n) is 0.463. The van der Waals surface area contributed by atoms with Crippen molar-refractivity contribution in [2.24, 2.45) is 0 Å². The van der Waals surface area contributed by atoms with Gasteiger partial charge in [-0.1, -0.05) is 6.92 Å². The molecule has 4 heteroatoms. The molecule has 0 fully saturated rings. The van der Waals surface area contributed by atoms with Crippen molar-refractivity contribution in [1.29, 1.82) is 0 Å². The summed E-state index contributed by atoms with van der Waals surface area (Å²) in [6, 6.07) is 0.497. The fraction of sp³-hybridized carbons (Fsp3) is 0.600. The van der Waals surface area contributed by atoms with Crippen LogP contribution in [0.5, 0.6) is 6.01 Å². The monoisotopic (exact) mass is 127 g/mol. The summed E-state index contributed by atoms with van der Waals surface area (Å²) in [6.45, 7) is 2.73. The summed E-state index contributed by atoms with van der Waals surface area (Å²) in [6.07, 6.45) is 2.41. The Morgan fingerprint density at radius 3 is 3.22 bits per heavy atom. The van der Waals surface area contributed by atoms with Crippen molar-refractivity contribution in [2.45, 2.75) is 13.3 Å². The van der Waals surface area contributed by atoms with Crippen LogP contribution in [0.25, 0.3) is 0 Å². The van der Waals surface area contributed by atoms with Gasteiger partial charge < -0.3 is 4.74 Å². The number of nitrogens with zero attached hydrogens (tertiary/aromatic N) is 2. The Labute approximate surface area is 53.3 Å². The van der Waals surface area contributed by atoms with Crippen molar-refractivity contribution in [3.63, 3.8) is 0 Å². The van der Waals surface area contributed by atoms with Crippen LogP contribution in [0, 0.1) is 0 Å². The number of H-pyrrole nitrogens is 1. The molecule has 0 aromatic carbocycles. The minimum absolute atomic E-state index is 0.497. The molecule has 1 aromatic rings.